The molecule has 2 aromatic rings. The predicted molar refractivity (Wildman–Crippen MR) is 172 cm³/mol. The molecule has 10 nitrogen and oxygen atoms in total. The highest BCUT2D eigenvalue weighted by atomic mass is 16.8. The van der Waals surface area contributed by atoms with Crippen LogP contribution in [0, 0.1) is 11.8 Å². The highest BCUT2D eigenvalue weighted by Gasteiger charge is 2.64. The Hall–Kier alpha value is -3.99. The standard InChI is InChI=1S/C37H42N2O8/c40-19-17-38-34(42)29-11-5-18-39(29)35(43)26-21-31(33-32(22-26)46-37(47-33,27-13-14-27)28-15-16-28)45-36(44)25-10-4-7-23(20-25)6-3-9-24-8-1-2-12-30(24)41/h1-4,6-8,10,12,20,22,27-29,31-33,40-41H,5,9,11,13-19,21H2,(H,38,42)/t29-,31-,32-,33+/m1/s1. The molecule has 3 aliphatic carbocycles. The summed E-state index contributed by atoms with van der Waals surface area (Å²) in [5, 5.41) is 21.9. The molecule has 0 spiro atoms. The summed E-state index contributed by atoms with van der Waals surface area (Å²) in [5.74, 6) is -0.941. The van der Waals surface area contributed by atoms with Crippen molar-refractivity contribution < 1.29 is 38.8 Å². The quantitative estimate of drug-likeness (QED) is 0.314. The molecule has 4 atom stereocenters. The average Bonchev–Trinajstić information content (AvgIpc) is 4.03. The number of carbonyl (C=O) groups excluding carboxylic acids is 3. The normalized spacial score (nSPS) is 26.6. The second kappa shape index (κ2) is 13.3. The summed E-state index contributed by atoms with van der Waals surface area (Å²) < 4.78 is 19.6. The summed E-state index contributed by atoms with van der Waals surface area (Å²) in [4.78, 5) is 42.0. The number of amides is 2. The van der Waals surface area contributed by atoms with Crippen LogP contribution in [-0.2, 0) is 30.2 Å². The molecule has 7 rings (SSSR count). The first-order valence-corrected chi connectivity index (χ1v) is 16.9. The fraction of sp³-hybridized carbons (Fsp3) is 0.486. The molecule has 2 aliphatic heterocycles. The van der Waals surface area contributed by atoms with Gasteiger partial charge in [0.1, 0.15) is 30.1 Å². The number of nitrogens with zero attached hydrogens (tertiary/aromatic N) is 1. The zero-order chi connectivity index (χ0) is 32.5. The lowest BCUT2D eigenvalue weighted by atomic mass is 9.91. The van der Waals surface area contributed by atoms with Crippen molar-refractivity contribution in [2.45, 2.75) is 81.5 Å². The molecule has 0 unspecified atom stereocenters. The number of benzene rings is 2. The molecule has 2 saturated heterocycles. The number of hydrogen-bond acceptors (Lipinski definition) is 8. The van der Waals surface area contributed by atoms with Gasteiger partial charge in [-0.1, -0.05) is 42.5 Å². The third-order valence-electron chi connectivity index (χ3n) is 9.93. The van der Waals surface area contributed by atoms with Gasteiger partial charge in [-0.25, -0.2) is 4.79 Å². The van der Waals surface area contributed by atoms with E-state index in [1.165, 1.54) is 0 Å². The second-order valence-electron chi connectivity index (χ2n) is 13.3. The van der Waals surface area contributed by atoms with Crippen molar-refractivity contribution in [3.8, 4) is 5.75 Å². The number of phenols is 1. The summed E-state index contributed by atoms with van der Waals surface area (Å²) in [7, 11) is 0. The van der Waals surface area contributed by atoms with Gasteiger partial charge in [-0.15, -0.1) is 0 Å². The van der Waals surface area contributed by atoms with Crippen molar-refractivity contribution in [1.29, 1.82) is 0 Å². The number of fused-ring (bicyclic) bond motifs is 1. The minimum atomic E-state index is -0.750. The maximum absolute atomic E-state index is 14.0. The molecule has 2 saturated carbocycles. The van der Waals surface area contributed by atoms with Crippen LogP contribution >= 0.6 is 0 Å². The number of para-hydroxylation sites is 1. The topological polar surface area (TPSA) is 135 Å². The number of carbonyl (C=O) groups is 3. The number of nitrogens with one attached hydrogen (secondary N) is 1. The van der Waals surface area contributed by atoms with Crippen molar-refractivity contribution in [2.24, 2.45) is 11.8 Å². The number of ether oxygens (including phenoxy) is 3. The smallest absolute Gasteiger partial charge is 0.338 e. The van der Waals surface area contributed by atoms with Gasteiger partial charge in [-0.2, -0.15) is 0 Å². The SMILES string of the molecule is O=C(O[C@@H]1CC(C(=O)N2CCC[C@@H]2C(=O)NCCO)=C[C@H]2OC(C3CC3)(C3CC3)O[C@H]21)c1cccc(C=CCc2ccccc2O)c1. The average molecular weight is 643 g/mol. The van der Waals surface area contributed by atoms with Crippen LogP contribution in [0.1, 0.15) is 66.4 Å². The fourth-order valence-electron chi connectivity index (χ4n) is 7.30. The fourth-order valence-corrected chi connectivity index (χ4v) is 7.30. The number of phenolic OH excluding ortho intramolecular Hbond substituents is 1. The molecule has 248 valence electrons. The van der Waals surface area contributed by atoms with Gasteiger partial charge in [0.05, 0.1) is 12.2 Å². The van der Waals surface area contributed by atoms with Gasteiger partial charge in [0.15, 0.2) is 5.79 Å². The number of likely N-dealkylation sites (tertiary alicyclic amines) is 1. The summed E-state index contributed by atoms with van der Waals surface area (Å²) in [5.41, 5.74) is 2.46. The van der Waals surface area contributed by atoms with Crippen molar-refractivity contribution >= 4 is 23.9 Å². The van der Waals surface area contributed by atoms with E-state index in [1.54, 1.807) is 35.2 Å². The highest BCUT2D eigenvalue weighted by Crippen LogP contribution is 2.59. The van der Waals surface area contributed by atoms with Crippen LogP contribution in [0.25, 0.3) is 6.08 Å². The number of aromatic hydroxyl groups is 1. The van der Waals surface area contributed by atoms with Crippen molar-refractivity contribution in [1.82, 2.24) is 10.2 Å². The molecule has 10 heteroatoms. The number of allylic oxidation sites excluding steroid dienone is 1. The van der Waals surface area contributed by atoms with E-state index in [0.29, 0.717) is 48.8 Å². The van der Waals surface area contributed by atoms with Gasteiger partial charge < -0.3 is 34.6 Å². The largest absolute Gasteiger partial charge is 0.508 e. The van der Waals surface area contributed by atoms with Crippen molar-refractivity contribution in [3.63, 3.8) is 0 Å². The maximum Gasteiger partial charge on any atom is 0.338 e. The second-order valence-corrected chi connectivity index (χ2v) is 13.3. The zero-order valence-corrected chi connectivity index (χ0v) is 26.4. The Bertz CT molecular complexity index is 1570. The monoisotopic (exact) mass is 642 g/mol. The first kappa shape index (κ1) is 31.6. The van der Waals surface area contributed by atoms with Gasteiger partial charge in [0.2, 0.25) is 11.8 Å². The molecule has 2 amide bonds. The van der Waals surface area contributed by atoms with Gasteiger partial charge in [-0.05, 0) is 80.3 Å². The van der Waals surface area contributed by atoms with E-state index in [9.17, 15) is 19.5 Å². The number of esters is 1. The molecular formula is C37H42N2O8. The molecule has 5 aliphatic rings. The van der Waals surface area contributed by atoms with Crippen LogP contribution in [0.2, 0.25) is 0 Å². The molecule has 4 fully saturated rings. The first-order valence-electron chi connectivity index (χ1n) is 16.9. The lowest BCUT2D eigenvalue weighted by molar-refractivity contribution is -0.209. The van der Waals surface area contributed by atoms with E-state index in [2.05, 4.69) is 5.32 Å². The van der Waals surface area contributed by atoms with Crippen LogP contribution < -0.4 is 5.32 Å². The van der Waals surface area contributed by atoms with Gasteiger partial charge >= 0.3 is 5.97 Å². The number of hydrogen-bond donors (Lipinski definition) is 3. The molecule has 0 radical (unpaired) electrons. The molecular weight excluding hydrogens is 600 g/mol. The van der Waals surface area contributed by atoms with Crippen molar-refractivity contribution in [2.75, 3.05) is 19.7 Å². The Morgan fingerprint density at radius 1 is 1.02 bits per heavy atom. The predicted octanol–water partition coefficient (Wildman–Crippen LogP) is 3.90. The first-order chi connectivity index (χ1) is 22.9. The van der Waals surface area contributed by atoms with Crippen LogP contribution in [0.3, 0.4) is 0 Å². The number of rotatable bonds is 11. The minimum absolute atomic E-state index is 0.130. The Morgan fingerprint density at radius 3 is 2.55 bits per heavy atom. The van der Waals surface area contributed by atoms with E-state index in [4.69, 9.17) is 19.3 Å². The Labute approximate surface area is 274 Å². The van der Waals surface area contributed by atoms with E-state index in [0.717, 1.165) is 36.8 Å². The Balaban J connectivity index is 1.10. The van der Waals surface area contributed by atoms with Gasteiger partial charge in [0, 0.05) is 36.9 Å². The van der Waals surface area contributed by atoms with Crippen LogP contribution in [0.5, 0.6) is 5.75 Å². The lowest BCUT2D eigenvalue weighted by Gasteiger charge is -2.33. The van der Waals surface area contributed by atoms with E-state index < -0.39 is 36.1 Å². The van der Waals surface area contributed by atoms with E-state index >= 15 is 0 Å². The van der Waals surface area contributed by atoms with E-state index in [1.807, 2.05) is 36.4 Å². The molecule has 2 heterocycles. The maximum atomic E-state index is 14.0. The highest BCUT2D eigenvalue weighted by molar-refractivity contribution is 5.98. The third-order valence-corrected chi connectivity index (χ3v) is 9.93. The summed E-state index contributed by atoms with van der Waals surface area (Å²) in [6, 6.07) is 13.7. The molecule has 3 N–H and O–H groups in total. The lowest BCUT2D eigenvalue weighted by Crippen LogP contribution is -2.49. The number of aliphatic hydroxyl groups is 1. The number of aliphatic hydroxyl groups excluding tert-OH is 1. The van der Waals surface area contributed by atoms with Gasteiger partial charge in [0.25, 0.3) is 0 Å². The molecule has 0 aromatic heterocycles. The zero-order valence-electron chi connectivity index (χ0n) is 26.4. The summed E-state index contributed by atoms with van der Waals surface area (Å²) in [6.07, 6.45) is 9.87. The molecule has 47 heavy (non-hydrogen) atoms. The summed E-state index contributed by atoms with van der Waals surface area (Å²) >= 11 is 0. The van der Waals surface area contributed by atoms with Crippen molar-refractivity contribution in [3.05, 3.63) is 82.9 Å². The Kier molecular flexibility index (Phi) is 8.91. The van der Waals surface area contributed by atoms with Crippen LogP contribution in [0.15, 0.2) is 66.3 Å². The van der Waals surface area contributed by atoms with Crippen LogP contribution in [-0.4, -0.2) is 82.7 Å². The van der Waals surface area contributed by atoms with Crippen LogP contribution in [0.4, 0.5) is 0 Å². The minimum Gasteiger partial charge on any atom is -0.508 e. The van der Waals surface area contributed by atoms with Gasteiger partial charge in [-0.3, -0.25) is 9.59 Å². The third kappa shape index (κ3) is 6.59. The Morgan fingerprint density at radius 2 is 1.81 bits per heavy atom. The molecule has 2 aromatic carbocycles. The molecule has 0 bridgehead atoms. The summed E-state index contributed by atoms with van der Waals surface area (Å²) in [6.45, 7) is 0.402. The van der Waals surface area contributed by atoms with E-state index in [-0.39, 0.29) is 37.1 Å².